The summed E-state index contributed by atoms with van der Waals surface area (Å²) in [5, 5.41) is 2.92. The number of methoxy groups -OCH3 is 1. The summed E-state index contributed by atoms with van der Waals surface area (Å²) in [6.45, 7) is 1.95. The van der Waals surface area contributed by atoms with E-state index < -0.39 is 0 Å². The number of halogens is 1. The average molecular weight is 324 g/mol. The standard InChI is InChI=1S/C18H13FN2OS/c1-12-21-15(11-23-12)6-3-13-4-8-17(20-10-13)16-7-5-14(19)9-18(16)22-2/h4-5,7-11H,1-2H3. The Morgan fingerprint density at radius 2 is 2.04 bits per heavy atom. The van der Waals surface area contributed by atoms with Gasteiger partial charge in [-0.3, -0.25) is 4.98 Å². The lowest BCUT2D eigenvalue weighted by Crippen LogP contribution is -1.91. The minimum Gasteiger partial charge on any atom is -0.496 e. The molecule has 0 saturated carbocycles. The molecular formula is C18H13FN2OS. The molecule has 0 atom stereocenters. The Labute approximate surface area is 137 Å². The van der Waals surface area contributed by atoms with Crippen LogP contribution in [0.2, 0.25) is 0 Å². The van der Waals surface area contributed by atoms with Crippen LogP contribution in [0.15, 0.2) is 41.9 Å². The lowest BCUT2D eigenvalue weighted by Gasteiger charge is -2.07. The number of aryl methyl sites for hydroxylation is 1. The largest absolute Gasteiger partial charge is 0.496 e. The number of hydrogen-bond donors (Lipinski definition) is 0. The predicted molar refractivity (Wildman–Crippen MR) is 89.0 cm³/mol. The van der Waals surface area contributed by atoms with Gasteiger partial charge in [-0.1, -0.05) is 5.92 Å². The maximum atomic E-state index is 13.3. The van der Waals surface area contributed by atoms with Gasteiger partial charge < -0.3 is 4.74 Å². The lowest BCUT2D eigenvalue weighted by molar-refractivity contribution is 0.413. The Kier molecular flexibility index (Phi) is 4.35. The van der Waals surface area contributed by atoms with Crippen LogP contribution < -0.4 is 4.74 Å². The highest BCUT2D eigenvalue weighted by atomic mass is 32.1. The Hall–Kier alpha value is -2.71. The highest BCUT2D eigenvalue weighted by Gasteiger charge is 2.08. The zero-order valence-corrected chi connectivity index (χ0v) is 13.4. The van der Waals surface area contributed by atoms with Crippen molar-refractivity contribution in [3.63, 3.8) is 0 Å². The first-order valence-electron chi connectivity index (χ1n) is 6.90. The summed E-state index contributed by atoms with van der Waals surface area (Å²) in [4.78, 5) is 8.68. The fourth-order valence-electron chi connectivity index (χ4n) is 2.06. The highest BCUT2D eigenvalue weighted by Crippen LogP contribution is 2.29. The van der Waals surface area contributed by atoms with Crippen molar-refractivity contribution in [1.29, 1.82) is 0 Å². The fraction of sp³-hybridized carbons (Fsp3) is 0.111. The molecular weight excluding hydrogens is 311 g/mol. The Morgan fingerprint density at radius 1 is 1.17 bits per heavy atom. The molecule has 0 aliphatic carbocycles. The van der Waals surface area contributed by atoms with E-state index in [-0.39, 0.29) is 5.82 Å². The van der Waals surface area contributed by atoms with Gasteiger partial charge in [0.2, 0.25) is 0 Å². The molecule has 0 N–H and O–H groups in total. The maximum Gasteiger partial charge on any atom is 0.131 e. The van der Waals surface area contributed by atoms with Gasteiger partial charge in [0.05, 0.1) is 17.8 Å². The van der Waals surface area contributed by atoms with Crippen molar-refractivity contribution in [3.8, 4) is 28.8 Å². The van der Waals surface area contributed by atoms with Gasteiger partial charge in [0, 0.05) is 28.8 Å². The predicted octanol–water partition coefficient (Wildman–Crippen LogP) is 4.06. The molecule has 114 valence electrons. The molecule has 0 amide bonds. The molecule has 23 heavy (non-hydrogen) atoms. The molecule has 0 spiro atoms. The molecule has 0 radical (unpaired) electrons. The molecule has 0 bridgehead atoms. The smallest absolute Gasteiger partial charge is 0.131 e. The van der Waals surface area contributed by atoms with Crippen LogP contribution >= 0.6 is 11.3 Å². The first kappa shape index (κ1) is 15.2. The lowest BCUT2D eigenvalue weighted by atomic mass is 10.1. The number of hydrogen-bond acceptors (Lipinski definition) is 4. The molecule has 0 saturated heterocycles. The third kappa shape index (κ3) is 3.55. The van der Waals surface area contributed by atoms with Gasteiger partial charge in [-0.15, -0.1) is 11.3 Å². The van der Waals surface area contributed by atoms with Crippen molar-refractivity contribution in [2.24, 2.45) is 0 Å². The molecule has 1 aromatic carbocycles. The Bertz CT molecular complexity index is 891. The number of aromatic nitrogens is 2. The van der Waals surface area contributed by atoms with Crippen LogP contribution in [0.3, 0.4) is 0 Å². The Balaban J connectivity index is 1.87. The average Bonchev–Trinajstić information content (AvgIpc) is 2.99. The fourth-order valence-corrected chi connectivity index (χ4v) is 2.61. The SMILES string of the molecule is COc1cc(F)ccc1-c1ccc(C#Cc2csc(C)n2)cn1. The van der Waals surface area contributed by atoms with Gasteiger partial charge in [-0.25, -0.2) is 9.37 Å². The third-order valence-electron chi connectivity index (χ3n) is 3.16. The molecule has 0 aliphatic heterocycles. The van der Waals surface area contributed by atoms with E-state index in [9.17, 15) is 4.39 Å². The van der Waals surface area contributed by atoms with E-state index in [0.717, 1.165) is 21.8 Å². The van der Waals surface area contributed by atoms with Crippen LogP contribution in [0.5, 0.6) is 5.75 Å². The second kappa shape index (κ2) is 6.59. The van der Waals surface area contributed by atoms with Crippen LogP contribution in [-0.4, -0.2) is 17.1 Å². The van der Waals surface area contributed by atoms with Crippen molar-refractivity contribution in [3.05, 3.63) is 64.0 Å². The minimum atomic E-state index is -0.341. The van der Waals surface area contributed by atoms with Crippen molar-refractivity contribution in [2.45, 2.75) is 6.92 Å². The van der Waals surface area contributed by atoms with Gasteiger partial charge in [-0.05, 0) is 37.1 Å². The number of benzene rings is 1. The number of pyridine rings is 1. The summed E-state index contributed by atoms with van der Waals surface area (Å²) >= 11 is 1.57. The molecule has 2 aromatic heterocycles. The van der Waals surface area contributed by atoms with E-state index in [1.807, 2.05) is 24.4 Å². The topological polar surface area (TPSA) is 35.0 Å². The maximum absolute atomic E-state index is 13.3. The number of thiazole rings is 1. The number of nitrogens with zero attached hydrogens (tertiary/aromatic N) is 2. The summed E-state index contributed by atoms with van der Waals surface area (Å²) in [5.74, 6) is 6.15. The molecule has 0 unspecified atom stereocenters. The molecule has 3 rings (SSSR count). The minimum absolute atomic E-state index is 0.341. The monoisotopic (exact) mass is 324 g/mol. The van der Waals surface area contributed by atoms with E-state index in [1.54, 1.807) is 23.6 Å². The molecule has 2 heterocycles. The van der Waals surface area contributed by atoms with E-state index in [2.05, 4.69) is 21.8 Å². The van der Waals surface area contributed by atoms with Crippen LogP contribution in [0.25, 0.3) is 11.3 Å². The second-order valence-electron chi connectivity index (χ2n) is 4.78. The van der Waals surface area contributed by atoms with Crippen LogP contribution in [0, 0.1) is 24.6 Å². The summed E-state index contributed by atoms with van der Waals surface area (Å²) in [7, 11) is 1.51. The van der Waals surface area contributed by atoms with Crippen LogP contribution in [-0.2, 0) is 0 Å². The first-order valence-corrected chi connectivity index (χ1v) is 7.78. The van der Waals surface area contributed by atoms with Gasteiger partial charge in [0.25, 0.3) is 0 Å². The van der Waals surface area contributed by atoms with Crippen molar-refractivity contribution in [1.82, 2.24) is 9.97 Å². The molecule has 3 aromatic rings. The molecule has 5 heteroatoms. The molecule has 3 nitrogen and oxygen atoms in total. The van der Waals surface area contributed by atoms with E-state index >= 15 is 0 Å². The van der Waals surface area contributed by atoms with Crippen molar-refractivity contribution in [2.75, 3.05) is 7.11 Å². The zero-order valence-electron chi connectivity index (χ0n) is 12.6. The van der Waals surface area contributed by atoms with Gasteiger partial charge >= 0.3 is 0 Å². The summed E-state index contributed by atoms with van der Waals surface area (Å²) in [5.41, 5.74) is 3.00. The highest BCUT2D eigenvalue weighted by molar-refractivity contribution is 7.09. The van der Waals surface area contributed by atoms with Crippen molar-refractivity contribution >= 4 is 11.3 Å². The van der Waals surface area contributed by atoms with Crippen LogP contribution in [0.4, 0.5) is 4.39 Å². The van der Waals surface area contributed by atoms with E-state index in [1.165, 1.54) is 19.2 Å². The summed E-state index contributed by atoms with van der Waals surface area (Å²) in [6, 6.07) is 8.09. The van der Waals surface area contributed by atoms with Gasteiger partial charge in [0.1, 0.15) is 17.3 Å². The van der Waals surface area contributed by atoms with Gasteiger partial charge in [-0.2, -0.15) is 0 Å². The number of rotatable bonds is 2. The normalized spacial score (nSPS) is 10.0. The third-order valence-corrected chi connectivity index (χ3v) is 3.93. The summed E-state index contributed by atoms with van der Waals surface area (Å²) in [6.07, 6.45) is 1.68. The summed E-state index contributed by atoms with van der Waals surface area (Å²) < 4.78 is 18.5. The van der Waals surface area contributed by atoms with E-state index in [4.69, 9.17) is 4.74 Å². The zero-order chi connectivity index (χ0) is 16.2. The van der Waals surface area contributed by atoms with E-state index in [0.29, 0.717) is 11.4 Å². The Morgan fingerprint density at radius 3 is 2.70 bits per heavy atom. The van der Waals surface area contributed by atoms with Gasteiger partial charge in [0.15, 0.2) is 0 Å². The second-order valence-corrected chi connectivity index (χ2v) is 5.84. The number of ether oxygens (including phenoxy) is 1. The van der Waals surface area contributed by atoms with Crippen LogP contribution in [0.1, 0.15) is 16.3 Å². The molecule has 0 fully saturated rings. The molecule has 0 aliphatic rings. The van der Waals surface area contributed by atoms with Crippen molar-refractivity contribution < 1.29 is 9.13 Å². The first-order chi connectivity index (χ1) is 11.2. The quantitative estimate of drug-likeness (QED) is 0.667.